The summed E-state index contributed by atoms with van der Waals surface area (Å²) < 4.78 is 1.68. The van der Waals surface area contributed by atoms with Crippen molar-refractivity contribution in [2.24, 2.45) is 0 Å². The third-order valence-electron chi connectivity index (χ3n) is 3.71. The Morgan fingerprint density at radius 1 is 0.913 bits per heavy atom. The molecule has 0 saturated carbocycles. The maximum absolute atomic E-state index is 11.4. The van der Waals surface area contributed by atoms with Crippen LogP contribution < -0.4 is 0 Å². The first kappa shape index (κ1) is 15.0. The molecule has 1 heterocycles. The number of aromatic nitrogens is 3. The quantitative estimate of drug-likeness (QED) is 0.760. The van der Waals surface area contributed by atoms with E-state index >= 15 is 0 Å². The molecule has 0 aliphatic heterocycles. The molecule has 0 amide bonds. The molecular formula is C18H17N3O2. The standard InChI is InChI=1S/C18H17N3O2/c22-18(23)17-16(12-11-14-7-3-1-4-8-14)21(20-19-17)13-15-9-5-2-6-10-15/h1-10H,11-13H2,(H,22,23). The average molecular weight is 307 g/mol. The third kappa shape index (κ3) is 3.63. The second kappa shape index (κ2) is 6.87. The molecule has 2 aromatic carbocycles. The van der Waals surface area contributed by atoms with E-state index in [0.29, 0.717) is 18.7 Å². The van der Waals surface area contributed by atoms with Crippen molar-refractivity contribution in [3.8, 4) is 0 Å². The summed E-state index contributed by atoms with van der Waals surface area (Å²) in [6.45, 7) is 0.519. The molecule has 116 valence electrons. The van der Waals surface area contributed by atoms with Crippen LogP contribution in [-0.2, 0) is 19.4 Å². The van der Waals surface area contributed by atoms with E-state index in [1.54, 1.807) is 4.68 Å². The highest BCUT2D eigenvalue weighted by Crippen LogP contribution is 2.13. The Morgan fingerprint density at radius 3 is 2.13 bits per heavy atom. The average Bonchev–Trinajstić information content (AvgIpc) is 2.98. The Morgan fingerprint density at radius 2 is 1.52 bits per heavy atom. The number of hydrogen-bond donors (Lipinski definition) is 1. The number of aryl methyl sites for hydroxylation is 1. The van der Waals surface area contributed by atoms with Crippen LogP contribution >= 0.6 is 0 Å². The van der Waals surface area contributed by atoms with Gasteiger partial charge in [-0.3, -0.25) is 0 Å². The SMILES string of the molecule is O=C(O)c1nnn(Cc2ccccc2)c1CCc1ccccc1. The number of carboxylic acid groups (broad SMARTS) is 1. The van der Waals surface area contributed by atoms with Gasteiger partial charge in [0.1, 0.15) is 0 Å². The number of nitrogens with zero attached hydrogens (tertiary/aromatic N) is 3. The second-order valence-electron chi connectivity index (χ2n) is 5.32. The molecule has 0 spiro atoms. The van der Waals surface area contributed by atoms with Gasteiger partial charge in [0, 0.05) is 0 Å². The molecule has 5 nitrogen and oxygen atoms in total. The first-order chi connectivity index (χ1) is 11.2. The Kier molecular flexibility index (Phi) is 4.47. The number of aromatic carboxylic acids is 1. The Balaban J connectivity index is 1.84. The highest BCUT2D eigenvalue weighted by atomic mass is 16.4. The van der Waals surface area contributed by atoms with E-state index in [4.69, 9.17) is 0 Å². The molecular weight excluding hydrogens is 290 g/mol. The molecule has 0 fully saturated rings. The van der Waals surface area contributed by atoms with Gasteiger partial charge in [0.15, 0.2) is 5.69 Å². The van der Waals surface area contributed by atoms with Crippen LogP contribution in [0.2, 0.25) is 0 Å². The minimum absolute atomic E-state index is 0.0388. The third-order valence-corrected chi connectivity index (χ3v) is 3.71. The second-order valence-corrected chi connectivity index (χ2v) is 5.32. The summed E-state index contributed by atoms with van der Waals surface area (Å²) in [6.07, 6.45) is 1.34. The zero-order chi connectivity index (χ0) is 16.1. The fourth-order valence-electron chi connectivity index (χ4n) is 2.54. The van der Waals surface area contributed by atoms with E-state index in [0.717, 1.165) is 17.5 Å². The lowest BCUT2D eigenvalue weighted by atomic mass is 10.1. The lowest BCUT2D eigenvalue weighted by Crippen LogP contribution is -2.10. The predicted octanol–water partition coefficient (Wildman–Crippen LogP) is 2.81. The van der Waals surface area contributed by atoms with Gasteiger partial charge in [-0.25, -0.2) is 9.48 Å². The van der Waals surface area contributed by atoms with E-state index in [-0.39, 0.29) is 5.69 Å². The monoisotopic (exact) mass is 307 g/mol. The van der Waals surface area contributed by atoms with Crippen molar-refractivity contribution in [3.63, 3.8) is 0 Å². The van der Waals surface area contributed by atoms with Gasteiger partial charge in [0.25, 0.3) is 0 Å². The number of hydrogen-bond acceptors (Lipinski definition) is 3. The van der Waals surface area contributed by atoms with Crippen molar-refractivity contribution in [3.05, 3.63) is 83.2 Å². The minimum Gasteiger partial charge on any atom is -0.476 e. The molecule has 0 bridgehead atoms. The lowest BCUT2D eigenvalue weighted by Gasteiger charge is -2.07. The smallest absolute Gasteiger partial charge is 0.358 e. The van der Waals surface area contributed by atoms with Gasteiger partial charge >= 0.3 is 5.97 Å². The molecule has 0 unspecified atom stereocenters. The van der Waals surface area contributed by atoms with Gasteiger partial charge in [-0.2, -0.15) is 0 Å². The molecule has 3 aromatic rings. The lowest BCUT2D eigenvalue weighted by molar-refractivity contribution is 0.0689. The van der Waals surface area contributed by atoms with Crippen LogP contribution in [0.4, 0.5) is 0 Å². The highest BCUT2D eigenvalue weighted by molar-refractivity contribution is 5.86. The van der Waals surface area contributed by atoms with Crippen LogP contribution in [0.25, 0.3) is 0 Å². The van der Waals surface area contributed by atoms with Crippen LogP contribution in [0.3, 0.4) is 0 Å². The summed E-state index contributed by atoms with van der Waals surface area (Å²) in [5.74, 6) is -1.03. The topological polar surface area (TPSA) is 68.0 Å². The summed E-state index contributed by atoms with van der Waals surface area (Å²) >= 11 is 0. The Hall–Kier alpha value is -2.95. The first-order valence-corrected chi connectivity index (χ1v) is 7.47. The van der Waals surface area contributed by atoms with Crippen LogP contribution in [0.1, 0.15) is 27.3 Å². The summed E-state index contributed by atoms with van der Waals surface area (Å²) in [5, 5.41) is 17.2. The van der Waals surface area contributed by atoms with Crippen molar-refractivity contribution in [2.75, 3.05) is 0 Å². The molecule has 23 heavy (non-hydrogen) atoms. The molecule has 0 radical (unpaired) electrons. The number of rotatable bonds is 6. The molecule has 0 atom stereocenters. The van der Waals surface area contributed by atoms with Crippen LogP contribution in [-0.4, -0.2) is 26.1 Å². The van der Waals surface area contributed by atoms with E-state index in [2.05, 4.69) is 10.3 Å². The van der Waals surface area contributed by atoms with E-state index in [9.17, 15) is 9.90 Å². The molecule has 0 saturated heterocycles. The summed E-state index contributed by atoms with van der Waals surface area (Å²) in [4.78, 5) is 11.4. The van der Waals surface area contributed by atoms with E-state index < -0.39 is 5.97 Å². The maximum atomic E-state index is 11.4. The van der Waals surface area contributed by atoms with Crippen LogP contribution in [0.5, 0.6) is 0 Å². The number of carbonyl (C=O) groups is 1. The van der Waals surface area contributed by atoms with Crippen molar-refractivity contribution in [1.82, 2.24) is 15.0 Å². The van der Waals surface area contributed by atoms with Gasteiger partial charge in [-0.1, -0.05) is 65.9 Å². The van der Waals surface area contributed by atoms with E-state index in [1.165, 1.54) is 0 Å². The van der Waals surface area contributed by atoms with Crippen LogP contribution in [0.15, 0.2) is 60.7 Å². The Labute approximate surface area is 134 Å². The predicted molar refractivity (Wildman–Crippen MR) is 86.4 cm³/mol. The molecule has 1 aromatic heterocycles. The largest absolute Gasteiger partial charge is 0.476 e. The summed E-state index contributed by atoms with van der Waals surface area (Å²) in [7, 11) is 0. The van der Waals surface area contributed by atoms with Gasteiger partial charge < -0.3 is 5.11 Å². The Bertz CT molecular complexity index is 783. The van der Waals surface area contributed by atoms with Gasteiger partial charge in [-0.15, -0.1) is 5.10 Å². The van der Waals surface area contributed by atoms with Crippen molar-refractivity contribution < 1.29 is 9.90 Å². The normalized spacial score (nSPS) is 10.6. The maximum Gasteiger partial charge on any atom is 0.358 e. The zero-order valence-electron chi connectivity index (χ0n) is 12.6. The minimum atomic E-state index is -1.03. The summed E-state index contributed by atoms with van der Waals surface area (Å²) in [5.41, 5.74) is 2.92. The number of benzene rings is 2. The van der Waals surface area contributed by atoms with Crippen molar-refractivity contribution in [1.29, 1.82) is 0 Å². The molecule has 0 aliphatic carbocycles. The van der Waals surface area contributed by atoms with E-state index in [1.807, 2.05) is 60.7 Å². The molecule has 3 rings (SSSR count). The van der Waals surface area contributed by atoms with Crippen molar-refractivity contribution >= 4 is 5.97 Å². The van der Waals surface area contributed by atoms with Gasteiger partial charge in [0.05, 0.1) is 12.2 Å². The molecule has 1 N–H and O–H groups in total. The van der Waals surface area contributed by atoms with Gasteiger partial charge in [0.2, 0.25) is 0 Å². The summed E-state index contributed by atoms with van der Waals surface area (Å²) in [6, 6.07) is 19.8. The highest BCUT2D eigenvalue weighted by Gasteiger charge is 2.18. The zero-order valence-corrected chi connectivity index (χ0v) is 12.6. The fraction of sp³-hybridized carbons (Fsp3) is 0.167. The van der Waals surface area contributed by atoms with Crippen molar-refractivity contribution in [2.45, 2.75) is 19.4 Å². The van der Waals surface area contributed by atoms with Crippen LogP contribution in [0, 0.1) is 0 Å². The first-order valence-electron chi connectivity index (χ1n) is 7.47. The molecule has 0 aliphatic rings. The number of carboxylic acids is 1. The fourth-order valence-corrected chi connectivity index (χ4v) is 2.54. The molecule has 5 heteroatoms. The van der Waals surface area contributed by atoms with Gasteiger partial charge in [-0.05, 0) is 24.0 Å².